The number of benzene rings is 1. The van der Waals surface area contributed by atoms with Crippen LogP contribution in [0.3, 0.4) is 0 Å². The Bertz CT molecular complexity index is 452. The van der Waals surface area contributed by atoms with E-state index in [1.54, 1.807) is 6.07 Å². The van der Waals surface area contributed by atoms with E-state index in [2.05, 4.69) is 0 Å². The average molecular weight is 308 g/mol. The van der Waals surface area contributed by atoms with Gasteiger partial charge in [-0.15, -0.1) is 11.3 Å². The molecule has 13 heavy (non-hydrogen) atoms. The van der Waals surface area contributed by atoms with Crippen molar-refractivity contribution in [1.82, 2.24) is 0 Å². The van der Waals surface area contributed by atoms with E-state index >= 15 is 0 Å². The lowest BCUT2D eigenvalue weighted by Gasteiger charge is -2.03. The minimum Gasteiger partial charge on any atom is -0.392 e. The van der Waals surface area contributed by atoms with Crippen LogP contribution in [-0.2, 0) is 6.61 Å². The van der Waals surface area contributed by atoms with E-state index in [4.69, 9.17) is 5.11 Å². The summed E-state index contributed by atoms with van der Waals surface area (Å²) in [6, 6.07) is 3.20. The molecule has 2 rings (SSSR count). The third-order valence-electron chi connectivity index (χ3n) is 1.90. The predicted octanol–water partition coefficient (Wildman–Crippen LogP) is 3.14. The summed E-state index contributed by atoms with van der Waals surface area (Å²) < 4.78 is 15.0. The number of aliphatic hydroxyl groups is 1. The van der Waals surface area contributed by atoms with Crippen LogP contribution in [0.25, 0.3) is 10.1 Å². The van der Waals surface area contributed by atoms with Gasteiger partial charge in [-0.25, -0.2) is 4.39 Å². The molecule has 0 saturated carbocycles. The molecule has 1 aromatic heterocycles. The van der Waals surface area contributed by atoms with Crippen molar-refractivity contribution in [2.24, 2.45) is 0 Å². The Morgan fingerprint density at radius 2 is 2.31 bits per heavy atom. The molecule has 0 unspecified atom stereocenters. The summed E-state index contributed by atoms with van der Waals surface area (Å²) >= 11 is 3.50. The van der Waals surface area contributed by atoms with E-state index in [-0.39, 0.29) is 12.4 Å². The Morgan fingerprint density at radius 1 is 1.54 bits per heavy atom. The molecule has 1 aromatic carbocycles. The van der Waals surface area contributed by atoms with E-state index in [1.807, 2.05) is 28.0 Å². The molecule has 1 N–H and O–H groups in total. The largest absolute Gasteiger partial charge is 0.392 e. The zero-order valence-corrected chi connectivity index (χ0v) is 9.52. The van der Waals surface area contributed by atoms with Gasteiger partial charge in [-0.2, -0.15) is 0 Å². The molecule has 0 aliphatic rings. The van der Waals surface area contributed by atoms with Gasteiger partial charge in [0, 0.05) is 19.2 Å². The van der Waals surface area contributed by atoms with Crippen molar-refractivity contribution in [3.05, 3.63) is 32.5 Å². The summed E-state index contributed by atoms with van der Waals surface area (Å²) in [6.45, 7) is -0.0322. The fraction of sp³-hybridized carbons (Fsp3) is 0.111. The molecule has 4 heteroatoms. The number of fused-ring (bicyclic) bond motifs is 1. The lowest BCUT2D eigenvalue weighted by atomic mass is 10.2. The molecule has 0 bridgehead atoms. The van der Waals surface area contributed by atoms with E-state index < -0.39 is 0 Å². The van der Waals surface area contributed by atoms with Crippen LogP contribution >= 0.6 is 33.9 Å². The summed E-state index contributed by atoms with van der Waals surface area (Å²) in [5.41, 5.74) is 0.826. The highest BCUT2D eigenvalue weighted by Crippen LogP contribution is 2.30. The first kappa shape index (κ1) is 9.36. The Hall–Kier alpha value is -0.200. The maximum absolute atomic E-state index is 13.3. The standard InChI is InChI=1S/C9H6FIOS/c10-7-3-8(11)6(4-12)9-5(7)1-2-13-9/h1-3,12H,4H2. The first-order chi connectivity index (χ1) is 6.24. The van der Waals surface area contributed by atoms with Crippen molar-refractivity contribution < 1.29 is 9.50 Å². The van der Waals surface area contributed by atoms with Gasteiger partial charge in [0.05, 0.1) is 6.61 Å². The molecular formula is C9H6FIOS. The van der Waals surface area contributed by atoms with Crippen molar-refractivity contribution in [2.45, 2.75) is 6.61 Å². The van der Waals surface area contributed by atoms with E-state index in [9.17, 15) is 4.39 Å². The minimum atomic E-state index is -0.210. The number of rotatable bonds is 1. The average Bonchev–Trinajstić information content (AvgIpc) is 2.53. The fourth-order valence-electron chi connectivity index (χ4n) is 1.26. The molecular weight excluding hydrogens is 302 g/mol. The van der Waals surface area contributed by atoms with Crippen LogP contribution in [0.1, 0.15) is 5.56 Å². The fourth-order valence-corrected chi connectivity index (χ4v) is 3.11. The third kappa shape index (κ3) is 1.47. The highest BCUT2D eigenvalue weighted by molar-refractivity contribution is 14.1. The normalized spacial score (nSPS) is 11.0. The maximum Gasteiger partial charge on any atom is 0.132 e. The number of thiophene rings is 1. The van der Waals surface area contributed by atoms with Crippen LogP contribution in [0.5, 0.6) is 0 Å². The Labute approximate surface area is 92.3 Å². The maximum atomic E-state index is 13.3. The van der Waals surface area contributed by atoms with Crippen LogP contribution in [0.15, 0.2) is 17.5 Å². The monoisotopic (exact) mass is 308 g/mol. The summed E-state index contributed by atoms with van der Waals surface area (Å²) in [7, 11) is 0. The molecule has 0 aliphatic heterocycles. The van der Waals surface area contributed by atoms with Gasteiger partial charge in [0.2, 0.25) is 0 Å². The Kier molecular flexibility index (Phi) is 2.53. The molecule has 0 radical (unpaired) electrons. The molecule has 2 aromatic rings. The zero-order chi connectivity index (χ0) is 9.42. The number of halogens is 2. The quantitative estimate of drug-likeness (QED) is 0.803. The smallest absolute Gasteiger partial charge is 0.132 e. The Morgan fingerprint density at radius 3 is 3.00 bits per heavy atom. The third-order valence-corrected chi connectivity index (χ3v) is 3.83. The van der Waals surface area contributed by atoms with Gasteiger partial charge in [-0.3, -0.25) is 0 Å². The molecule has 0 amide bonds. The predicted molar refractivity (Wildman–Crippen MR) is 60.4 cm³/mol. The van der Waals surface area contributed by atoms with Gasteiger partial charge in [-0.05, 0) is 40.1 Å². The first-order valence-electron chi connectivity index (χ1n) is 3.69. The van der Waals surface area contributed by atoms with Gasteiger partial charge in [0.1, 0.15) is 5.82 Å². The topological polar surface area (TPSA) is 20.2 Å². The number of hydrogen-bond acceptors (Lipinski definition) is 2. The van der Waals surface area contributed by atoms with Crippen LogP contribution < -0.4 is 0 Å². The highest BCUT2D eigenvalue weighted by atomic mass is 127. The summed E-state index contributed by atoms with van der Waals surface area (Å²) in [6.07, 6.45) is 0. The molecule has 68 valence electrons. The minimum absolute atomic E-state index is 0.0322. The van der Waals surface area contributed by atoms with Crippen molar-refractivity contribution in [3.8, 4) is 0 Å². The van der Waals surface area contributed by atoms with Crippen molar-refractivity contribution >= 4 is 44.0 Å². The molecule has 0 spiro atoms. The lowest BCUT2D eigenvalue weighted by Crippen LogP contribution is -1.90. The lowest BCUT2D eigenvalue weighted by molar-refractivity contribution is 0.282. The van der Waals surface area contributed by atoms with E-state index in [0.717, 1.165) is 13.8 Å². The van der Waals surface area contributed by atoms with Crippen molar-refractivity contribution in [2.75, 3.05) is 0 Å². The molecule has 1 heterocycles. The Balaban J connectivity index is 2.88. The molecule has 1 nitrogen and oxygen atoms in total. The SMILES string of the molecule is OCc1c(I)cc(F)c2ccsc12. The second kappa shape index (κ2) is 3.51. The number of aliphatic hydroxyl groups excluding tert-OH is 1. The van der Waals surface area contributed by atoms with Crippen molar-refractivity contribution in [1.29, 1.82) is 0 Å². The van der Waals surface area contributed by atoms with Gasteiger partial charge in [0.25, 0.3) is 0 Å². The van der Waals surface area contributed by atoms with Crippen molar-refractivity contribution in [3.63, 3.8) is 0 Å². The van der Waals surface area contributed by atoms with Crippen LogP contribution in [-0.4, -0.2) is 5.11 Å². The second-order valence-corrected chi connectivity index (χ2v) is 4.72. The molecule has 0 fully saturated rings. The van der Waals surface area contributed by atoms with Gasteiger partial charge >= 0.3 is 0 Å². The van der Waals surface area contributed by atoms with Crippen LogP contribution in [0, 0.1) is 9.39 Å². The summed E-state index contributed by atoms with van der Waals surface area (Å²) in [5.74, 6) is -0.210. The van der Waals surface area contributed by atoms with E-state index in [1.165, 1.54) is 17.4 Å². The summed E-state index contributed by atoms with van der Waals surface area (Å²) in [5, 5.41) is 11.5. The summed E-state index contributed by atoms with van der Waals surface area (Å²) in [4.78, 5) is 0. The highest BCUT2D eigenvalue weighted by Gasteiger charge is 2.10. The van der Waals surface area contributed by atoms with Gasteiger partial charge < -0.3 is 5.11 Å². The molecule has 0 saturated heterocycles. The first-order valence-corrected chi connectivity index (χ1v) is 5.65. The van der Waals surface area contributed by atoms with Crippen LogP contribution in [0.4, 0.5) is 4.39 Å². The number of hydrogen-bond donors (Lipinski definition) is 1. The molecule has 0 atom stereocenters. The second-order valence-electron chi connectivity index (χ2n) is 2.64. The van der Waals surface area contributed by atoms with Gasteiger partial charge in [-0.1, -0.05) is 0 Å². The van der Waals surface area contributed by atoms with Gasteiger partial charge in [0.15, 0.2) is 0 Å². The van der Waals surface area contributed by atoms with E-state index in [0.29, 0.717) is 5.39 Å². The molecule has 0 aliphatic carbocycles. The van der Waals surface area contributed by atoms with Crippen LogP contribution in [0.2, 0.25) is 0 Å². The zero-order valence-electron chi connectivity index (χ0n) is 6.55.